The number of hydrogen-bond acceptors (Lipinski definition) is 4. The second kappa shape index (κ2) is 7.59. The van der Waals surface area contributed by atoms with Crippen LogP contribution in [0.2, 0.25) is 0 Å². The fourth-order valence-corrected chi connectivity index (χ4v) is 8.29. The summed E-state index contributed by atoms with van der Waals surface area (Å²) in [6.07, 6.45) is 6.44. The van der Waals surface area contributed by atoms with Gasteiger partial charge in [0.05, 0.1) is 17.5 Å². The number of nitrogens with zero attached hydrogens (tertiary/aromatic N) is 2. The van der Waals surface area contributed by atoms with Crippen molar-refractivity contribution in [1.29, 1.82) is 0 Å². The van der Waals surface area contributed by atoms with Crippen LogP contribution in [0.1, 0.15) is 44.1 Å². The van der Waals surface area contributed by atoms with E-state index in [2.05, 4.69) is 4.99 Å². The number of carbonyl (C=O) groups excluding carboxylic acids is 1. The molecule has 0 radical (unpaired) electrons. The van der Waals surface area contributed by atoms with E-state index < -0.39 is 9.84 Å². The van der Waals surface area contributed by atoms with E-state index in [0.29, 0.717) is 17.5 Å². The molecule has 1 saturated carbocycles. The molecule has 146 valence electrons. The van der Waals surface area contributed by atoms with Crippen molar-refractivity contribution in [2.75, 3.05) is 16.4 Å². The molecule has 2 atom stereocenters. The highest BCUT2D eigenvalue weighted by Crippen LogP contribution is 2.41. The van der Waals surface area contributed by atoms with Crippen molar-refractivity contribution in [1.82, 2.24) is 0 Å². The Bertz CT molecular complexity index is 842. The first-order valence-corrected chi connectivity index (χ1v) is 12.5. The second-order valence-electron chi connectivity index (χ2n) is 7.98. The molecule has 0 unspecified atom stereocenters. The van der Waals surface area contributed by atoms with E-state index in [1.54, 1.807) is 0 Å². The molecule has 2 aliphatic heterocycles. The van der Waals surface area contributed by atoms with Crippen LogP contribution in [0, 0.1) is 12.8 Å². The van der Waals surface area contributed by atoms with E-state index >= 15 is 0 Å². The third kappa shape index (κ3) is 4.24. The molecule has 3 fully saturated rings. The predicted molar refractivity (Wildman–Crippen MR) is 111 cm³/mol. The number of amides is 1. The highest BCUT2D eigenvalue weighted by molar-refractivity contribution is 8.16. The molecule has 0 bridgehead atoms. The quantitative estimate of drug-likeness (QED) is 0.765. The molecule has 2 heterocycles. The van der Waals surface area contributed by atoms with Crippen LogP contribution in [0.15, 0.2) is 29.3 Å². The Morgan fingerprint density at radius 1 is 1.19 bits per heavy atom. The number of anilines is 1. The average Bonchev–Trinajstić information content (AvgIpc) is 3.29. The Balaban J connectivity index is 1.54. The summed E-state index contributed by atoms with van der Waals surface area (Å²) < 4.78 is 24.2. The number of fused-ring (bicyclic) bond motifs is 1. The second-order valence-corrected chi connectivity index (χ2v) is 11.3. The molecule has 3 aliphatic rings. The van der Waals surface area contributed by atoms with Gasteiger partial charge in [0.2, 0.25) is 5.91 Å². The number of sulfone groups is 1. The molecule has 27 heavy (non-hydrogen) atoms. The van der Waals surface area contributed by atoms with Gasteiger partial charge in [-0.25, -0.2) is 8.42 Å². The van der Waals surface area contributed by atoms with E-state index in [9.17, 15) is 13.2 Å². The average molecular weight is 407 g/mol. The summed E-state index contributed by atoms with van der Waals surface area (Å²) in [5.74, 6) is 0.890. The molecule has 5 nitrogen and oxygen atoms in total. The minimum Gasteiger partial charge on any atom is -0.316 e. The largest absolute Gasteiger partial charge is 0.316 e. The molecule has 1 aromatic carbocycles. The predicted octanol–water partition coefficient (Wildman–Crippen LogP) is 3.57. The van der Waals surface area contributed by atoms with Crippen LogP contribution >= 0.6 is 11.8 Å². The number of aliphatic imine (C=N–C) groups is 1. The first-order valence-electron chi connectivity index (χ1n) is 9.76. The van der Waals surface area contributed by atoms with Crippen LogP contribution in [0.4, 0.5) is 5.69 Å². The van der Waals surface area contributed by atoms with E-state index in [-0.39, 0.29) is 28.7 Å². The highest BCUT2D eigenvalue weighted by Gasteiger charge is 2.49. The Morgan fingerprint density at radius 3 is 2.59 bits per heavy atom. The van der Waals surface area contributed by atoms with E-state index in [1.807, 2.05) is 36.1 Å². The summed E-state index contributed by atoms with van der Waals surface area (Å²) in [7, 11) is -3.03. The van der Waals surface area contributed by atoms with Gasteiger partial charge in [0.1, 0.15) is 0 Å². The van der Waals surface area contributed by atoms with Gasteiger partial charge in [0.25, 0.3) is 0 Å². The van der Waals surface area contributed by atoms with Gasteiger partial charge in [-0.1, -0.05) is 55.1 Å². The smallest absolute Gasteiger partial charge is 0.248 e. The molecule has 0 aromatic heterocycles. The zero-order valence-corrected chi connectivity index (χ0v) is 17.3. The van der Waals surface area contributed by atoms with Crippen molar-refractivity contribution in [2.24, 2.45) is 10.9 Å². The Kier molecular flexibility index (Phi) is 5.34. The summed E-state index contributed by atoms with van der Waals surface area (Å²) in [6, 6.07) is 7.86. The summed E-state index contributed by atoms with van der Waals surface area (Å²) in [5, 5.41) is 0.623. The van der Waals surface area contributed by atoms with Gasteiger partial charge >= 0.3 is 0 Å². The van der Waals surface area contributed by atoms with E-state index in [4.69, 9.17) is 0 Å². The lowest BCUT2D eigenvalue weighted by Gasteiger charge is -2.24. The van der Waals surface area contributed by atoms with Gasteiger partial charge in [0, 0.05) is 17.4 Å². The van der Waals surface area contributed by atoms with Crippen LogP contribution < -0.4 is 4.90 Å². The number of rotatable bonds is 4. The van der Waals surface area contributed by atoms with E-state index in [1.165, 1.54) is 37.4 Å². The van der Waals surface area contributed by atoms with Crippen LogP contribution in [0.25, 0.3) is 0 Å². The summed E-state index contributed by atoms with van der Waals surface area (Å²) in [4.78, 5) is 18.9. The van der Waals surface area contributed by atoms with Crippen molar-refractivity contribution in [2.45, 2.75) is 56.7 Å². The summed E-state index contributed by atoms with van der Waals surface area (Å²) in [6.45, 7) is 2.02. The van der Waals surface area contributed by atoms with Gasteiger partial charge in [-0.3, -0.25) is 4.79 Å². The minimum absolute atomic E-state index is 0.0438. The Hall–Kier alpha value is -1.34. The topological polar surface area (TPSA) is 66.8 Å². The Labute approximate surface area is 165 Å². The molecule has 1 aromatic rings. The highest BCUT2D eigenvalue weighted by atomic mass is 32.2. The van der Waals surface area contributed by atoms with Crippen molar-refractivity contribution in [3.05, 3.63) is 29.8 Å². The molecule has 7 heteroatoms. The lowest BCUT2D eigenvalue weighted by molar-refractivity contribution is -0.118. The van der Waals surface area contributed by atoms with Crippen LogP contribution in [-0.2, 0) is 14.6 Å². The van der Waals surface area contributed by atoms with E-state index in [0.717, 1.165) is 17.7 Å². The van der Waals surface area contributed by atoms with Crippen LogP contribution in [-0.4, -0.2) is 42.3 Å². The third-order valence-corrected chi connectivity index (χ3v) is 9.05. The number of carbonyl (C=O) groups is 1. The molecule has 0 N–H and O–H groups in total. The van der Waals surface area contributed by atoms with Crippen molar-refractivity contribution in [3.8, 4) is 0 Å². The number of aryl methyl sites for hydroxylation is 1. The zero-order chi connectivity index (χ0) is 19.0. The number of benzene rings is 1. The summed E-state index contributed by atoms with van der Waals surface area (Å²) >= 11 is 1.45. The van der Waals surface area contributed by atoms with Gasteiger partial charge in [-0.2, -0.15) is 4.99 Å². The van der Waals surface area contributed by atoms with Crippen molar-refractivity contribution >= 4 is 38.4 Å². The SMILES string of the molecule is Cc1ccc(N2C(=NC(=O)CCC3CCCC3)S[C@H]3CS(=O)(=O)C[C@@H]32)cc1. The monoisotopic (exact) mass is 406 g/mol. The first-order chi connectivity index (χ1) is 12.9. The summed E-state index contributed by atoms with van der Waals surface area (Å²) in [5.41, 5.74) is 2.06. The van der Waals surface area contributed by atoms with Gasteiger partial charge < -0.3 is 4.90 Å². The molecule has 4 rings (SSSR count). The van der Waals surface area contributed by atoms with Crippen molar-refractivity contribution in [3.63, 3.8) is 0 Å². The van der Waals surface area contributed by atoms with Crippen molar-refractivity contribution < 1.29 is 13.2 Å². The minimum atomic E-state index is -3.03. The molecular formula is C20H26N2O3S2. The number of hydrogen-bond donors (Lipinski definition) is 0. The standard InChI is InChI=1S/C20H26N2O3S2/c1-14-6-9-16(10-7-14)22-17-12-27(24,25)13-18(17)26-20(22)21-19(23)11-8-15-4-2-3-5-15/h6-7,9-10,15,17-18H,2-5,8,11-13H2,1H3/t17-,18-/m0/s1. The maximum absolute atomic E-state index is 12.5. The fourth-order valence-electron chi connectivity index (χ4n) is 4.36. The maximum atomic E-state index is 12.5. The molecule has 2 saturated heterocycles. The first kappa shape index (κ1) is 19.0. The number of thioether (sulfide) groups is 1. The third-order valence-electron chi connectivity index (χ3n) is 5.84. The lowest BCUT2D eigenvalue weighted by atomic mass is 10.0. The van der Waals surface area contributed by atoms with Gasteiger partial charge in [-0.15, -0.1) is 0 Å². The zero-order valence-electron chi connectivity index (χ0n) is 15.6. The molecule has 0 spiro atoms. The molecule has 1 aliphatic carbocycles. The maximum Gasteiger partial charge on any atom is 0.248 e. The Morgan fingerprint density at radius 2 is 1.89 bits per heavy atom. The molecule has 1 amide bonds. The number of amidine groups is 1. The van der Waals surface area contributed by atoms with Crippen LogP contribution in [0.3, 0.4) is 0 Å². The fraction of sp³-hybridized carbons (Fsp3) is 0.600. The van der Waals surface area contributed by atoms with Gasteiger partial charge in [0.15, 0.2) is 15.0 Å². The van der Waals surface area contributed by atoms with Crippen LogP contribution in [0.5, 0.6) is 0 Å². The molecular weight excluding hydrogens is 380 g/mol. The normalized spacial score (nSPS) is 28.8. The van der Waals surface area contributed by atoms with Gasteiger partial charge in [-0.05, 0) is 31.4 Å². The lowest BCUT2D eigenvalue weighted by Crippen LogP contribution is -2.37.